The van der Waals surface area contributed by atoms with Gasteiger partial charge in [-0.25, -0.2) is 15.0 Å². The van der Waals surface area contributed by atoms with E-state index in [-0.39, 0.29) is 17.5 Å². The number of aliphatic carboxylic acids is 1. The van der Waals surface area contributed by atoms with E-state index in [1.807, 2.05) is 30.3 Å². The molecule has 1 heterocycles. The lowest BCUT2D eigenvalue weighted by atomic mass is 10.0. The first-order valence-corrected chi connectivity index (χ1v) is 12.3. The number of carboxylic acid groups (broad SMARTS) is 1. The smallest absolute Gasteiger partial charge is 0.320 e. The Hall–Kier alpha value is -0.990. The van der Waals surface area contributed by atoms with Gasteiger partial charge in [-0.1, -0.05) is 112 Å². The average molecular weight is 586 g/mol. The summed E-state index contributed by atoms with van der Waals surface area (Å²) in [6.07, 6.45) is 0.349. The van der Waals surface area contributed by atoms with Gasteiger partial charge in [-0.15, -0.1) is 11.8 Å². The molecule has 0 aliphatic heterocycles. The number of hydrogen-bond donors (Lipinski definition) is 1. The molecular weight excluding hydrogens is 571 g/mol. The molecular formula is C21H15Cl6N3O2S. The van der Waals surface area contributed by atoms with Crippen molar-refractivity contribution in [2.45, 2.75) is 30.6 Å². The Morgan fingerprint density at radius 1 is 0.848 bits per heavy atom. The average Bonchev–Trinajstić information content (AvgIpc) is 2.73. The van der Waals surface area contributed by atoms with Gasteiger partial charge in [-0.2, -0.15) is 0 Å². The number of benzene rings is 2. The summed E-state index contributed by atoms with van der Waals surface area (Å²) in [6, 6.07) is 16.3. The van der Waals surface area contributed by atoms with Crippen LogP contribution in [0.2, 0.25) is 0 Å². The Labute approximate surface area is 224 Å². The van der Waals surface area contributed by atoms with Crippen LogP contribution in [0, 0.1) is 0 Å². The van der Waals surface area contributed by atoms with Crippen LogP contribution in [0.4, 0.5) is 0 Å². The zero-order valence-electron chi connectivity index (χ0n) is 16.8. The summed E-state index contributed by atoms with van der Waals surface area (Å²) in [4.78, 5) is 25.1. The van der Waals surface area contributed by atoms with Crippen molar-refractivity contribution in [1.29, 1.82) is 0 Å². The molecule has 1 aromatic heterocycles. The normalized spacial score (nSPS) is 14.0. The van der Waals surface area contributed by atoms with Crippen LogP contribution in [0.3, 0.4) is 0 Å². The fourth-order valence-electron chi connectivity index (χ4n) is 2.83. The van der Waals surface area contributed by atoms with E-state index in [1.165, 1.54) is 11.8 Å². The van der Waals surface area contributed by atoms with E-state index >= 15 is 0 Å². The highest BCUT2D eigenvalue weighted by atomic mass is 35.6. The van der Waals surface area contributed by atoms with Crippen LogP contribution in [-0.2, 0) is 18.8 Å². The summed E-state index contributed by atoms with van der Waals surface area (Å²) >= 11 is 36.8. The zero-order valence-corrected chi connectivity index (χ0v) is 22.1. The number of hydrogen-bond acceptors (Lipinski definition) is 5. The maximum atomic E-state index is 12.1. The monoisotopic (exact) mass is 583 g/mol. The van der Waals surface area contributed by atoms with Crippen LogP contribution in [0.15, 0.2) is 59.5 Å². The van der Waals surface area contributed by atoms with Gasteiger partial charge in [-0.05, 0) is 31.0 Å². The van der Waals surface area contributed by atoms with E-state index in [2.05, 4.69) is 15.0 Å². The molecule has 0 fully saturated rings. The summed E-state index contributed by atoms with van der Waals surface area (Å²) < 4.78 is -5.00. The van der Waals surface area contributed by atoms with E-state index < -0.39 is 18.3 Å². The molecule has 174 valence electrons. The molecule has 1 atom stereocenters. The van der Waals surface area contributed by atoms with Crippen molar-refractivity contribution in [2.75, 3.05) is 0 Å². The molecule has 0 saturated carbocycles. The molecule has 12 heteroatoms. The molecule has 0 aliphatic carbocycles. The van der Waals surface area contributed by atoms with Gasteiger partial charge in [0.05, 0.1) is 0 Å². The van der Waals surface area contributed by atoms with Crippen LogP contribution >= 0.6 is 81.4 Å². The second kappa shape index (κ2) is 10.3. The molecule has 5 nitrogen and oxygen atoms in total. The molecule has 3 aromatic rings. The number of rotatable bonds is 6. The highest BCUT2D eigenvalue weighted by Gasteiger charge is 2.36. The van der Waals surface area contributed by atoms with Gasteiger partial charge in [0.25, 0.3) is 0 Å². The third-order valence-electron chi connectivity index (χ3n) is 4.43. The maximum absolute atomic E-state index is 12.1. The van der Waals surface area contributed by atoms with E-state index in [9.17, 15) is 9.90 Å². The third kappa shape index (κ3) is 7.01. The fourth-order valence-corrected chi connectivity index (χ4v) is 4.46. The van der Waals surface area contributed by atoms with Crippen molar-refractivity contribution in [3.63, 3.8) is 0 Å². The lowest BCUT2D eigenvalue weighted by Gasteiger charge is -2.24. The molecule has 2 aromatic carbocycles. The quantitative estimate of drug-likeness (QED) is 0.240. The van der Waals surface area contributed by atoms with E-state index in [1.54, 1.807) is 31.2 Å². The SMILES string of the molecule is CC(Cc1ccccc1)(Sc1ccc(-c2nc(C(Cl)(Cl)Cl)nc(C(Cl)(Cl)Cl)n2)cc1)C(=O)O. The number of halogens is 6. The maximum Gasteiger partial charge on any atom is 0.320 e. The molecule has 0 saturated heterocycles. The van der Waals surface area contributed by atoms with Crippen LogP contribution in [-0.4, -0.2) is 30.8 Å². The summed E-state index contributed by atoms with van der Waals surface area (Å²) in [7, 11) is 0. The topological polar surface area (TPSA) is 76.0 Å². The number of alkyl halides is 6. The number of carboxylic acids is 1. The van der Waals surface area contributed by atoms with Gasteiger partial charge >= 0.3 is 5.97 Å². The third-order valence-corrected chi connectivity index (χ3v) is 6.73. The summed E-state index contributed by atoms with van der Waals surface area (Å²) in [5.41, 5.74) is 1.46. The lowest BCUT2D eigenvalue weighted by molar-refractivity contribution is -0.139. The number of aromatic nitrogens is 3. The van der Waals surface area contributed by atoms with Crippen molar-refractivity contribution in [3.8, 4) is 11.4 Å². The first kappa shape index (κ1) is 26.6. The summed E-state index contributed by atoms with van der Waals surface area (Å²) in [6.45, 7) is 1.69. The predicted molar refractivity (Wildman–Crippen MR) is 136 cm³/mol. The van der Waals surface area contributed by atoms with E-state index in [0.29, 0.717) is 12.0 Å². The Bertz CT molecular complexity index is 1110. The van der Waals surface area contributed by atoms with E-state index in [0.717, 1.165) is 10.5 Å². The van der Waals surface area contributed by atoms with Crippen molar-refractivity contribution in [3.05, 3.63) is 71.8 Å². The minimum atomic E-state index is -1.96. The second-order valence-corrected chi connectivity index (χ2v) is 13.3. The number of thioether (sulfide) groups is 1. The number of carbonyl (C=O) groups is 1. The molecule has 1 unspecified atom stereocenters. The van der Waals surface area contributed by atoms with Crippen LogP contribution < -0.4 is 0 Å². The molecule has 0 bridgehead atoms. The highest BCUT2D eigenvalue weighted by molar-refractivity contribution is 8.01. The lowest BCUT2D eigenvalue weighted by Crippen LogP contribution is -2.33. The van der Waals surface area contributed by atoms with Crippen molar-refractivity contribution < 1.29 is 9.90 Å². The summed E-state index contributed by atoms with van der Waals surface area (Å²) in [5, 5.41) is 9.88. The molecule has 0 radical (unpaired) electrons. The van der Waals surface area contributed by atoms with Gasteiger partial charge in [0, 0.05) is 10.5 Å². The second-order valence-electron chi connectivity index (χ2n) is 7.13. The first-order valence-electron chi connectivity index (χ1n) is 9.25. The van der Waals surface area contributed by atoms with E-state index in [4.69, 9.17) is 69.6 Å². The minimum absolute atomic E-state index is 0.134. The molecule has 1 N–H and O–H groups in total. The first-order chi connectivity index (χ1) is 15.3. The van der Waals surface area contributed by atoms with Gasteiger partial charge in [0.2, 0.25) is 7.59 Å². The van der Waals surface area contributed by atoms with Crippen molar-refractivity contribution >= 4 is 87.3 Å². The Morgan fingerprint density at radius 3 is 1.82 bits per heavy atom. The minimum Gasteiger partial charge on any atom is -0.480 e. The predicted octanol–water partition coefficient (Wildman–Crippen LogP) is 7.37. The molecule has 0 amide bonds. The van der Waals surface area contributed by atoms with Crippen molar-refractivity contribution in [1.82, 2.24) is 15.0 Å². The number of nitrogens with zero attached hydrogens (tertiary/aromatic N) is 3. The molecule has 3 rings (SSSR count). The fraction of sp³-hybridized carbons (Fsp3) is 0.238. The van der Waals surface area contributed by atoms with Gasteiger partial charge in [0.1, 0.15) is 4.75 Å². The van der Waals surface area contributed by atoms with Gasteiger partial charge in [-0.3, -0.25) is 4.79 Å². The van der Waals surface area contributed by atoms with Crippen LogP contribution in [0.25, 0.3) is 11.4 Å². The molecule has 0 spiro atoms. The van der Waals surface area contributed by atoms with Gasteiger partial charge in [0.15, 0.2) is 17.5 Å². The van der Waals surface area contributed by atoms with Crippen LogP contribution in [0.5, 0.6) is 0 Å². The largest absolute Gasteiger partial charge is 0.480 e. The highest BCUT2D eigenvalue weighted by Crippen LogP contribution is 2.41. The molecule has 33 heavy (non-hydrogen) atoms. The van der Waals surface area contributed by atoms with Crippen LogP contribution in [0.1, 0.15) is 24.1 Å². The zero-order chi connectivity index (χ0) is 24.4. The standard InChI is InChI=1S/C21H15Cl6N3O2S/c1-19(18(31)32,11-12-5-3-2-4-6-12)33-14-9-7-13(8-10-14)15-28-16(20(22,23)24)30-17(29-15)21(25,26)27/h2-10H,11H2,1H3,(H,31,32). The Morgan fingerprint density at radius 2 is 1.36 bits per heavy atom. The van der Waals surface area contributed by atoms with Crippen molar-refractivity contribution in [2.24, 2.45) is 0 Å². The Balaban J connectivity index is 1.91. The Kier molecular flexibility index (Phi) is 8.33. The van der Waals surface area contributed by atoms with Gasteiger partial charge < -0.3 is 5.11 Å². The summed E-state index contributed by atoms with van der Waals surface area (Å²) in [5.74, 6) is -1.18. The molecule has 0 aliphatic rings.